The third kappa shape index (κ3) is 3.68. The molecule has 0 aliphatic rings. The van der Waals surface area contributed by atoms with E-state index in [1.54, 1.807) is 19.2 Å². The van der Waals surface area contributed by atoms with Crippen LogP contribution in [0.2, 0.25) is 0 Å². The zero-order chi connectivity index (χ0) is 13.9. The second kappa shape index (κ2) is 5.67. The van der Waals surface area contributed by atoms with Crippen molar-refractivity contribution in [3.8, 4) is 0 Å². The summed E-state index contributed by atoms with van der Waals surface area (Å²) in [5, 5.41) is 15.0. The van der Waals surface area contributed by atoms with Gasteiger partial charge < -0.3 is 15.3 Å². The van der Waals surface area contributed by atoms with Crippen LogP contribution < -0.4 is 5.32 Å². The van der Waals surface area contributed by atoms with Gasteiger partial charge in [-0.1, -0.05) is 0 Å². The molecule has 5 nitrogen and oxygen atoms in total. The minimum absolute atomic E-state index is 0.270. The molecule has 0 saturated heterocycles. The molecule has 1 rings (SSSR count). The van der Waals surface area contributed by atoms with Gasteiger partial charge in [-0.3, -0.25) is 4.79 Å². The monoisotopic (exact) mass is 271 g/mol. The Labute approximate surface area is 112 Å². The molecule has 1 aromatic rings. The van der Waals surface area contributed by atoms with Crippen molar-refractivity contribution < 1.29 is 9.90 Å². The number of aromatic nitrogens is 1. The van der Waals surface area contributed by atoms with Crippen LogP contribution in [0.1, 0.15) is 26.5 Å². The number of nitrogens with zero attached hydrogens (tertiary/aromatic N) is 2. The Morgan fingerprint density at radius 3 is 2.72 bits per heavy atom. The normalized spacial score (nSPS) is 13.7. The fourth-order valence-electron chi connectivity index (χ4n) is 1.54. The van der Waals surface area contributed by atoms with Gasteiger partial charge in [0.05, 0.1) is 5.69 Å². The lowest BCUT2D eigenvalue weighted by Gasteiger charge is -2.18. The van der Waals surface area contributed by atoms with Crippen LogP contribution in [-0.2, 0) is 10.2 Å². The quantitative estimate of drug-likeness (QED) is 0.827. The summed E-state index contributed by atoms with van der Waals surface area (Å²) in [5.74, 6) is -0.860. The summed E-state index contributed by atoms with van der Waals surface area (Å²) in [5.41, 5.74) is -0.346. The van der Waals surface area contributed by atoms with Crippen LogP contribution in [0.3, 0.4) is 0 Å². The number of carboxylic acid groups (broad SMARTS) is 1. The maximum absolute atomic E-state index is 11.1. The van der Waals surface area contributed by atoms with E-state index in [9.17, 15) is 4.79 Å². The van der Waals surface area contributed by atoms with E-state index in [1.807, 2.05) is 14.1 Å². The third-order valence-corrected chi connectivity index (χ3v) is 3.46. The smallest absolute Gasteiger partial charge is 0.315 e. The van der Waals surface area contributed by atoms with E-state index in [4.69, 9.17) is 5.11 Å². The van der Waals surface area contributed by atoms with E-state index >= 15 is 0 Å². The van der Waals surface area contributed by atoms with Gasteiger partial charge in [0.25, 0.3) is 0 Å². The fraction of sp³-hybridized carbons (Fsp3) is 0.667. The Kier molecular flexibility index (Phi) is 4.70. The molecule has 0 aliphatic carbocycles. The van der Waals surface area contributed by atoms with Crippen LogP contribution >= 0.6 is 11.3 Å². The first-order valence-corrected chi connectivity index (χ1v) is 6.72. The molecule has 102 valence electrons. The standard InChI is InChI=1S/C12H21N3O2S/c1-8(6-15(4)5)13-11-14-9(7-18-11)12(2,3)10(16)17/h7-8H,6H2,1-5H3,(H,13,14)(H,16,17). The molecule has 1 atom stereocenters. The summed E-state index contributed by atoms with van der Waals surface area (Å²) in [6.45, 7) is 6.30. The number of likely N-dealkylation sites (N-methyl/N-ethyl adjacent to an activating group) is 1. The second-order valence-electron chi connectivity index (χ2n) is 5.28. The number of rotatable bonds is 6. The number of hydrogen-bond donors (Lipinski definition) is 2. The van der Waals surface area contributed by atoms with Crippen molar-refractivity contribution >= 4 is 22.4 Å². The Morgan fingerprint density at radius 1 is 1.61 bits per heavy atom. The number of thiazole rings is 1. The lowest BCUT2D eigenvalue weighted by atomic mass is 9.90. The summed E-state index contributed by atoms with van der Waals surface area (Å²) in [6, 6.07) is 0.270. The van der Waals surface area contributed by atoms with Gasteiger partial charge in [-0.2, -0.15) is 0 Å². The first-order chi connectivity index (χ1) is 8.23. The van der Waals surface area contributed by atoms with Crippen molar-refractivity contribution in [3.63, 3.8) is 0 Å². The highest BCUT2D eigenvalue weighted by atomic mass is 32.1. The summed E-state index contributed by atoms with van der Waals surface area (Å²) in [6.07, 6.45) is 0. The van der Waals surface area contributed by atoms with Crippen LogP contribution in [0.25, 0.3) is 0 Å². The van der Waals surface area contributed by atoms with Gasteiger partial charge in [0.2, 0.25) is 0 Å². The molecule has 1 heterocycles. The van der Waals surface area contributed by atoms with E-state index in [2.05, 4.69) is 22.1 Å². The molecule has 6 heteroatoms. The Hall–Kier alpha value is -1.14. The van der Waals surface area contributed by atoms with E-state index in [-0.39, 0.29) is 6.04 Å². The van der Waals surface area contributed by atoms with Gasteiger partial charge in [0.15, 0.2) is 5.13 Å². The topological polar surface area (TPSA) is 65.5 Å². The van der Waals surface area contributed by atoms with Crippen molar-refractivity contribution in [2.24, 2.45) is 0 Å². The highest BCUT2D eigenvalue weighted by molar-refractivity contribution is 7.13. The Balaban J connectivity index is 2.72. The number of aliphatic carboxylic acids is 1. The summed E-state index contributed by atoms with van der Waals surface area (Å²) < 4.78 is 0. The van der Waals surface area contributed by atoms with Crippen LogP contribution in [0.15, 0.2) is 5.38 Å². The number of nitrogens with one attached hydrogen (secondary N) is 1. The van der Waals surface area contributed by atoms with Gasteiger partial charge in [0, 0.05) is 18.0 Å². The third-order valence-electron chi connectivity index (χ3n) is 2.69. The molecule has 1 aromatic heterocycles. The van der Waals surface area contributed by atoms with E-state index in [1.165, 1.54) is 11.3 Å². The summed E-state index contributed by atoms with van der Waals surface area (Å²) >= 11 is 1.45. The van der Waals surface area contributed by atoms with Crippen molar-refractivity contribution in [2.75, 3.05) is 26.0 Å². The Morgan fingerprint density at radius 2 is 2.22 bits per heavy atom. The fourth-order valence-corrected chi connectivity index (χ4v) is 2.53. The average molecular weight is 271 g/mol. The molecule has 0 saturated carbocycles. The van der Waals surface area contributed by atoms with Gasteiger partial charge in [-0.25, -0.2) is 4.98 Å². The van der Waals surface area contributed by atoms with Gasteiger partial charge >= 0.3 is 5.97 Å². The lowest BCUT2D eigenvalue weighted by molar-refractivity contribution is -0.142. The van der Waals surface area contributed by atoms with Crippen molar-refractivity contribution in [2.45, 2.75) is 32.2 Å². The first-order valence-electron chi connectivity index (χ1n) is 5.84. The molecule has 0 spiro atoms. The lowest BCUT2D eigenvalue weighted by Crippen LogP contribution is -2.30. The van der Waals surface area contributed by atoms with Crippen LogP contribution in [0.4, 0.5) is 5.13 Å². The maximum atomic E-state index is 11.1. The minimum Gasteiger partial charge on any atom is -0.481 e. The Bertz CT molecular complexity index is 415. The molecule has 0 bridgehead atoms. The predicted molar refractivity (Wildman–Crippen MR) is 74.4 cm³/mol. The highest BCUT2D eigenvalue weighted by Gasteiger charge is 2.32. The van der Waals surface area contributed by atoms with Crippen LogP contribution in [-0.4, -0.2) is 47.6 Å². The second-order valence-corrected chi connectivity index (χ2v) is 6.13. The van der Waals surface area contributed by atoms with Crippen LogP contribution in [0, 0.1) is 0 Å². The molecular weight excluding hydrogens is 250 g/mol. The van der Waals surface area contributed by atoms with Crippen LogP contribution in [0.5, 0.6) is 0 Å². The SMILES string of the molecule is CC(CN(C)C)Nc1nc(C(C)(C)C(=O)O)cs1. The zero-order valence-corrected chi connectivity index (χ0v) is 12.3. The van der Waals surface area contributed by atoms with Gasteiger partial charge in [-0.15, -0.1) is 11.3 Å². The molecule has 0 aromatic carbocycles. The van der Waals surface area contributed by atoms with Gasteiger partial charge in [-0.05, 0) is 34.9 Å². The van der Waals surface area contributed by atoms with Crippen molar-refractivity contribution in [1.82, 2.24) is 9.88 Å². The highest BCUT2D eigenvalue weighted by Crippen LogP contribution is 2.27. The van der Waals surface area contributed by atoms with Crippen molar-refractivity contribution in [3.05, 3.63) is 11.1 Å². The summed E-state index contributed by atoms with van der Waals surface area (Å²) in [4.78, 5) is 17.6. The molecule has 2 N–H and O–H groups in total. The largest absolute Gasteiger partial charge is 0.481 e. The number of carbonyl (C=O) groups is 1. The maximum Gasteiger partial charge on any atom is 0.315 e. The van der Waals surface area contributed by atoms with E-state index < -0.39 is 11.4 Å². The molecule has 1 unspecified atom stereocenters. The molecule has 0 radical (unpaired) electrons. The predicted octanol–water partition coefficient (Wildman–Crippen LogP) is 1.87. The van der Waals surface area contributed by atoms with Gasteiger partial charge in [0.1, 0.15) is 5.41 Å². The zero-order valence-electron chi connectivity index (χ0n) is 11.5. The van der Waals surface area contributed by atoms with E-state index in [0.29, 0.717) is 5.69 Å². The summed E-state index contributed by atoms with van der Waals surface area (Å²) in [7, 11) is 4.03. The molecule has 0 amide bonds. The molecule has 0 fully saturated rings. The minimum atomic E-state index is -0.943. The first kappa shape index (κ1) is 14.9. The molecular formula is C12H21N3O2S. The number of carboxylic acids is 1. The van der Waals surface area contributed by atoms with E-state index in [0.717, 1.165) is 11.7 Å². The molecule has 0 aliphatic heterocycles. The number of anilines is 1. The van der Waals surface area contributed by atoms with Crippen molar-refractivity contribution in [1.29, 1.82) is 0 Å². The molecule has 18 heavy (non-hydrogen) atoms. The average Bonchev–Trinajstić information content (AvgIpc) is 2.64. The number of hydrogen-bond acceptors (Lipinski definition) is 5.